The standard InChI is InChI=1S/C13H15N3OS/c1-8-5-13(6-8,7-14)11(17)16-12-15-9-3-2-4-10(9)18-12/h8H,2-6H2,1H3,(H,15,16,17). The van der Waals surface area contributed by atoms with E-state index >= 15 is 0 Å². The van der Waals surface area contributed by atoms with E-state index in [9.17, 15) is 10.1 Å². The smallest absolute Gasteiger partial charge is 0.246 e. The molecule has 0 atom stereocenters. The number of hydrogen-bond donors (Lipinski definition) is 1. The molecule has 0 spiro atoms. The number of fused-ring (bicyclic) bond motifs is 1. The molecule has 3 rings (SSSR count). The van der Waals surface area contributed by atoms with Crippen molar-refractivity contribution in [3.63, 3.8) is 0 Å². The molecule has 18 heavy (non-hydrogen) atoms. The number of amides is 1. The largest absolute Gasteiger partial charge is 0.301 e. The van der Waals surface area contributed by atoms with Crippen LogP contribution < -0.4 is 5.32 Å². The van der Waals surface area contributed by atoms with Crippen molar-refractivity contribution in [2.75, 3.05) is 5.32 Å². The molecule has 1 amide bonds. The molecule has 1 aromatic heterocycles. The molecular weight excluding hydrogens is 246 g/mol. The first-order chi connectivity index (χ1) is 8.63. The van der Waals surface area contributed by atoms with Crippen molar-refractivity contribution < 1.29 is 4.79 Å². The fourth-order valence-electron chi connectivity index (χ4n) is 2.92. The van der Waals surface area contributed by atoms with Gasteiger partial charge in [0.2, 0.25) is 5.91 Å². The summed E-state index contributed by atoms with van der Waals surface area (Å²) < 4.78 is 0. The van der Waals surface area contributed by atoms with Gasteiger partial charge in [0, 0.05) is 4.88 Å². The van der Waals surface area contributed by atoms with Crippen LogP contribution in [0.15, 0.2) is 0 Å². The van der Waals surface area contributed by atoms with Gasteiger partial charge in [-0.2, -0.15) is 5.26 Å². The normalized spacial score (nSPS) is 29.2. The van der Waals surface area contributed by atoms with E-state index < -0.39 is 5.41 Å². The number of hydrogen-bond acceptors (Lipinski definition) is 4. The maximum absolute atomic E-state index is 12.2. The summed E-state index contributed by atoms with van der Waals surface area (Å²) in [5, 5.41) is 12.7. The molecule has 0 aliphatic heterocycles. The van der Waals surface area contributed by atoms with E-state index in [-0.39, 0.29) is 5.91 Å². The first-order valence-corrected chi connectivity index (χ1v) is 7.16. The van der Waals surface area contributed by atoms with Gasteiger partial charge < -0.3 is 5.32 Å². The number of aromatic nitrogens is 1. The third kappa shape index (κ3) is 1.72. The van der Waals surface area contributed by atoms with Gasteiger partial charge >= 0.3 is 0 Å². The molecule has 0 bridgehead atoms. The Kier molecular flexibility index (Phi) is 2.63. The molecule has 5 heteroatoms. The zero-order chi connectivity index (χ0) is 12.8. The monoisotopic (exact) mass is 261 g/mol. The molecule has 0 unspecified atom stereocenters. The number of nitrogens with zero attached hydrogens (tertiary/aromatic N) is 2. The maximum Gasteiger partial charge on any atom is 0.246 e. The van der Waals surface area contributed by atoms with Gasteiger partial charge in [-0.1, -0.05) is 6.92 Å². The van der Waals surface area contributed by atoms with Gasteiger partial charge in [0.25, 0.3) is 0 Å². The van der Waals surface area contributed by atoms with E-state index in [0.717, 1.165) is 18.5 Å². The van der Waals surface area contributed by atoms with Gasteiger partial charge in [0.1, 0.15) is 5.41 Å². The van der Waals surface area contributed by atoms with Crippen LogP contribution >= 0.6 is 11.3 Å². The molecule has 1 fully saturated rings. The summed E-state index contributed by atoms with van der Waals surface area (Å²) >= 11 is 1.56. The Morgan fingerprint density at radius 2 is 2.33 bits per heavy atom. The third-order valence-corrected chi connectivity index (χ3v) is 4.93. The second kappa shape index (κ2) is 4.06. The van der Waals surface area contributed by atoms with Gasteiger partial charge in [-0.3, -0.25) is 4.79 Å². The second-order valence-electron chi connectivity index (χ2n) is 5.40. The van der Waals surface area contributed by atoms with Crippen LogP contribution in [0.5, 0.6) is 0 Å². The minimum absolute atomic E-state index is 0.171. The number of aryl methyl sites for hydroxylation is 2. The molecule has 1 heterocycles. The Hall–Kier alpha value is -1.41. The number of nitriles is 1. The van der Waals surface area contributed by atoms with E-state index in [1.807, 2.05) is 0 Å². The fourth-order valence-corrected chi connectivity index (χ4v) is 3.96. The van der Waals surface area contributed by atoms with Crippen LogP contribution in [0.3, 0.4) is 0 Å². The second-order valence-corrected chi connectivity index (χ2v) is 6.49. The zero-order valence-corrected chi connectivity index (χ0v) is 11.1. The van der Waals surface area contributed by atoms with Gasteiger partial charge in [-0.15, -0.1) is 11.3 Å². The number of carbonyl (C=O) groups is 1. The quantitative estimate of drug-likeness (QED) is 0.889. The first kappa shape index (κ1) is 11.7. The van der Waals surface area contributed by atoms with Crippen molar-refractivity contribution in [3.05, 3.63) is 10.6 Å². The van der Waals surface area contributed by atoms with Crippen molar-refractivity contribution in [1.82, 2.24) is 4.98 Å². The summed E-state index contributed by atoms with van der Waals surface area (Å²) in [6, 6.07) is 2.18. The average Bonchev–Trinajstić information content (AvgIpc) is 2.84. The van der Waals surface area contributed by atoms with Gasteiger partial charge in [0.15, 0.2) is 5.13 Å². The molecule has 0 radical (unpaired) electrons. The summed E-state index contributed by atoms with van der Waals surface area (Å²) in [6.07, 6.45) is 4.59. The highest BCUT2D eigenvalue weighted by atomic mass is 32.1. The molecule has 1 N–H and O–H groups in total. The maximum atomic E-state index is 12.2. The number of carbonyl (C=O) groups excluding carboxylic acids is 1. The van der Waals surface area contributed by atoms with E-state index in [0.29, 0.717) is 23.9 Å². The number of thiazole rings is 1. The predicted molar refractivity (Wildman–Crippen MR) is 69.2 cm³/mol. The third-order valence-electron chi connectivity index (χ3n) is 3.86. The minimum Gasteiger partial charge on any atom is -0.301 e. The molecule has 1 saturated carbocycles. The van der Waals surface area contributed by atoms with E-state index in [2.05, 4.69) is 23.3 Å². The van der Waals surface area contributed by atoms with Crippen LogP contribution in [-0.2, 0) is 17.6 Å². The summed E-state index contributed by atoms with van der Waals surface area (Å²) in [6.45, 7) is 2.07. The van der Waals surface area contributed by atoms with Crippen LogP contribution in [0.25, 0.3) is 0 Å². The Balaban J connectivity index is 1.73. The highest BCUT2D eigenvalue weighted by Gasteiger charge is 2.49. The molecule has 1 aromatic rings. The summed E-state index contributed by atoms with van der Waals surface area (Å²) in [5.41, 5.74) is 0.318. The van der Waals surface area contributed by atoms with E-state index in [4.69, 9.17) is 0 Å². The van der Waals surface area contributed by atoms with Crippen LogP contribution in [0.2, 0.25) is 0 Å². The van der Waals surface area contributed by atoms with Crippen molar-refractivity contribution in [3.8, 4) is 6.07 Å². The lowest BCUT2D eigenvalue weighted by atomic mass is 9.63. The number of anilines is 1. The van der Waals surface area contributed by atoms with Crippen molar-refractivity contribution >= 4 is 22.4 Å². The average molecular weight is 261 g/mol. The fraction of sp³-hybridized carbons (Fsp3) is 0.615. The van der Waals surface area contributed by atoms with Crippen molar-refractivity contribution in [2.24, 2.45) is 11.3 Å². The number of rotatable bonds is 2. The zero-order valence-electron chi connectivity index (χ0n) is 10.3. The van der Waals surface area contributed by atoms with Gasteiger partial charge in [-0.05, 0) is 38.0 Å². The topological polar surface area (TPSA) is 65.8 Å². The molecule has 94 valence electrons. The van der Waals surface area contributed by atoms with Crippen molar-refractivity contribution in [1.29, 1.82) is 5.26 Å². The lowest BCUT2D eigenvalue weighted by Crippen LogP contribution is -2.45. The minimum atomic E-state index is -0.810. The van der Waals surface area contributed by atoms with Crippen molar-refractivity contribution in [2.45, 2.75) is 39.0 Å². The van der Waals surface area contributed by atoms with Crippen LogP contribution in [-0.4, -0.2) is 10.9 Å². The molecule has 4 nitrogen and oxygen atoms in total. The highest BCUT2D eigenvalue weighted by molar-refractivity contribution is 7.15. The SMILES string of the molecule is CC1CC(C#N)(C(=O)Nc2nc3c(s2)CCC3)C1. The number of nitrogens with one attached hydrogen (secondary N) is 1. The summed E-state index contributed by atoms with van der Waals surface area (Å²) in [4.78, 5) is 17.9. The molecule has 2 aliphatic carbocycles. The van der Waals surface area contributed by atoms with Crippen LogP contribution in [0.1, 0.15) is 36.8 Å². The molecular formula is C13H15N3OS. The summed E-state index contributed by atoms with van der Waals surface area (Å²) in [5.74, 6) is 0.298. The lowest BCUT2D eigenvalue weighted by Gasteiger charge is -2.38. The van der Waals surface area contributed by atoms with Crippen LogP contribution in [0.4, 0.5) is 5.13 Å². The predicted octanol–water partition coefficient (Wildman–Crippen LogP) is 2.51. The Bertz CT molecular complexity index is 515. The van der Waals surface area contributed by atoms with Gasteiger partial charge in [0.05, 0.1) is 11.8 Å². The molecule has 2 aliphatic rings. The first-order valence-electron chi connectivity index (χ1n) is 6.34. The Morgan fingerprint density at radius 3 is 2.94 bits per heavy atom. The molecule has 0 saturated heterocycles. The Morgan fingerprint density at radius 1 is 1.56 bits per heavy atom. The van der Waals surface area contributed by atoms with E-state index in [1.54, 1.807) is 11.3 Å². The van der Waals surface area contributed by atoms with Crippen LogP contribution in [0, 0.1) is 22.7 Å². The van der Waals surface area contributed by atoms with Gasteiger partial charge in [-0.25, -0.2) is 4.98 Å². The lowest BCUT2D eigenvalue weighted by molar-refractivity contribution is -0.128. The highest BCUT2D eigenvalue weighted by Crippen LogP contribution is 2.46. The molecule has 0 aromatic carbocycles. The summed E-state index contributed by atoms with van der Waals surface area (Å²) in [7, 11) is 0. The Labute approximate surface area is 110 Å². The van der Waals surface area contributed by atoms with E-state index in [1.165, 1.54) is 11.3 Å².